The third-order valence-corrected chi connectivity index (χ3v) is 3.62. The molecule has 0 aromatic carbocycles. The van der Waals surface area contributed by atoms with Crippen LogP contribution >= 0.6 is 11.6 Å². The van der Waals surface area contributed by atoms with Crippen molar-refractivity contribution >= 4 is 23.5 Å². The van der Waals surface area contributed by atoms with Gasteiger partial charge in [-0.1, -0.05) is 24.9 Å². The van der Waals surface area contributed by atoms with Gasteiger partial charge in [-0.2, -0.15) is 0 Å². The molecule has 114 valence electrons. The quantitative estimate of drug-likeness (QED) is 0.819. The molecule has 1 aromatic heterocycles. The third kappa shape index (κ3) is 3.51. The highest BCUT2D eigenvalue weighted by molar-refractivity contribution is 6.29. The Morgan fingerprint density at radius 3 is 2.81 bits per heavy atom. The van der Waals surface area contributed by atoms with Crippen molar-refractivity contribution in [2.75, 3.05) is 6.54 Å². The van der Waals surface area contributed by atoms with Crippen LogP contribution in [0.3, 0.4) is 0 Å². The maximum absolute atomic E-state index is 12.5. The Bertz CT molecular complexity index is 564. The van der Waals surface area contributed by atoms with Gasteiger partial charge in [-0.25, -0.2) is 9.78 Å². The summed E-state index contributed by atoms with van der Waals surface area (Å²) in [5, 5.41) is 19.0. The number of aromatic nitrogens is 1. The number of aliphatic hydroxyl groups excluding tert-OH is 1. The SMILES string of the molecule is CCCc1cc(C(=O)N2CC(O)CC2C(=O)O)cc(Cl)n1. The van der Waals surface area contributed by atoms with Crippen LogP contribution in [-0.2, 0) is 11.2 Å². The zero-order valence-corrected chi connectivity index (χ0v) is 12.4. The first-order chi connectivity index (χ1) is 9.92. The van der Waals surface area contributed by atoms with Gasteiger partial charge in [0.05, 0.1) is 6.10 Å². The summed E-state index contributed by atoms with van der Waals surface area (Å²) < 4.78 is 0. The van der Waals surface area contributed by atoms with Gasteiger partial charge in [-0.15, -0.1) is 0 Å². The molecular weight excluding hydrogens is 296 g/mol. The van der Waals surface area contributed by atoms with Crippen molar-refractivity contribution in [2.45, 2.75) is 38.3 Å². The minimum absolute atomic E-state index is 0.0128. The second-order valence-electron chi connectivity index (χ2n) is 5.12. The van der Waals surface area contributed by atoms with Gasteiger partial charge in [-0.3, -0.25) is 4.79 Å². The van der Waals surface area contributed by atoms with E-state index in [2.05, 4.69) is 4.98 Å². The number of rotatable bonds is 4. The Hall–Kier alpha value is -1.66. The van der Waals surface area contributed by atoms with Gasteiger partial charge < -0.3 is 15.1 Å². The zero-order chi connectivity index (χ0) is 15.6. The van der Waals surface area contributed by atoms with Crippen molar-refractivity contribution in [1.82, 2.24) is 9.88 Å². The number of amides is 1. The Kier molecular flexibility index (Phi) is 4.80. The molecule has 0 saturated carbocycles. The Balaban J connectivity index is 2.28. The summed E-state index contributed by atoms with van der Waals surface area (Å²) in [6.45, 7) is 2.00. The molecule has 0 aliphatic carbocycles. The van der Waals surface area contributed by atoms with Crippen LogP contribution in [0.2, 0.25) is 5.15 Å². The van der Waals surface area contributed by atoms with Crippen LogP contribution in [0.25, 0.3) is 0 Å². The van der Waals surface area contributed by atoms with E-state index in [4.69, 9.17) is 16.7 Å². The van der Waals surface area contributed by atoms with E-state index in [0.717, 1.165) is 6.42 Å². The van der Waals surface area contributed by atoms with E-state index in [9.17, 15) is 14.7 Å². The van der Waals surface area contributed by atoms with Gasteiger partial charge >= 0.3 is 5.97 Å². The highest BCUT2D eigenvalue weighted by Gasteiger charge is 2.39. The predicted octanol–water partition coefficient (Wildman–Crippen LogP) is 1.35. The minimum Gasteiger partial charge on any atom is -0.480 e. The Labute approximate surface area is 127 Å². The molecule has 2 N–H and O–H groups in total. The molecule has 2 heterocycles. The lowest BCUT2D eigenvalue weighted by atomic mass is 10.1. The van der Waals surface area contributed by atoms with Gasteiger partial charge in [0, 0.05) is 24.2 Å². The van der Waals surface area contributed by atoms with Crippen molar-refractivity contribution in [3.05, 3.63) is 28.5 Å². The highest BCUT2D eigenvalue weighted by Crippen LogP contribution is 2.22. The fourth-order valence-electron chi connectivity index (χ4n) is 2.50. The molecule has 1 saturated heterocycles. The second kappa shape index (κ2) is 6.41. The van der Waals surface area contributed by atoms with Crippen LogP contribution < -0.4 is 0 Å². The van der Waals surface area contributed by atoms with E-state index in [1.807, 2.05) is 6.92 Å². The van der Waals surface area contributed by atoms with Crippen LogP contribution in [0.15, 0.2) is 12.1 Å². The fourth-order valence-corrected chi connectivity index (χ4v) is 2.72. The van der Waals surface area contributed by atoms with Gasteiger partial charge in [-0.05, 0) is 18.6 Å². The molecule has 21 heavy (non-hydrogen) atoms. The summed E-state index contributed by atoms with van der Waals surface area (Å²) in [6.07, 6.45) is 0.775. The largest absolute Gasteiger partial charge is 0.480 e. The number of aliphatic carboxylic acids is 1. The standard InChI is InChI=1S/C14H17ClN2O4/c1-2-3-9-4-8(5-12(15)16-9)13(19)17-7-10(18)6-11(17)14(20)21/h4-5,10-11,18H,2-3,6-7H2,1H3,(H,20,21). The summed E-state index contributed by atoms with van der Waals surface area (Å²) in [7, 11) is 0. The van der Waals surface area contributed by atoms with E-state index in [1.165, 1.54) is 11.0 Å². The molecule has 2 rings (SSSR count). The van der Waals surface area contributed by atoms with Gasteiger partial charge in [0.1, 0.15) is 11.2 Å². The summed E-state index contributed by atoms with van der Waals surface area (Å²) in [4.78, 5) is 29.0. The number of hydrogen-bond acceptors (Lipinski definition) is 4. The van der Waals surface area contributed by atoms with Crippen molar-refractivity contribution < 1.29 is 19.8 Å². The molecule has 1 amide bonds. The molecule has 0 spiro atoms. The van der Waals surface area contributed by atoms with Crippen molar-refractivity contribution in [2.24, 2.45) is 0 Å². The number of likely N-dealkylation sites (tertiary alicyclic amines) is 1. The van der Waals surface area contributed by atoms with E-state index < -0.39 is 24.0 Å². The number of β-amino-alcohol motifs (C(OH)–C–C–N with tert-alkyl or cyclic N) is 1. The van der Waals surface area contributed by atoms with Crippen molar-refractivity contribution in [3.63, 3.8) is 0 Å². The first-order valence-corrected chi connectivity index (χ1v) is 7.18. The normalized spacial score (nSPS) is 21.6. The van der Waals surface area contributed by atoms with Gasteiger partial charge in [0.25, 0.3) is 5.91 Å². The molecule has 0 bridgehead atoms. The number of carboxylic acid groups (broad SMARTS) is 1. The average Bonchev–Trinajstić information content (AvgIpc) is 2.80. The first-order valence-electron chi connectivity index (χ1n) is 6.80. The number of aliphatic hydroxyl groups is 1. The number of carbonyl (C=O) groups excluding carboxylic acids is 1. The van der Waals surface area contributed by atoms with Crippen LogP contribution in [-0.4, -0.2) is 50.7 Å². The molecule has 2 unspecified atom stereocenters. The van der Waals surface area contributed by atoms with Gasteiger partial charge in [0.15, 0.2) is 0 Å². The van der Waals surface area contributed by atoms with Crippen LogP contribution in [0.1, 0.15) is 35.8 Å². The maximum atomic E-state index is 12.5. The minimum atomic E-state index is -1.12. The van der Waals surface area contributed by atoms with Crippen LogP contribution in [0, 0.1) is 0 Å². The monoisotopic (exact) mass is 312 g/mol. The summed E-state index contributed by atoms with van der Waals surface area (Å²) in [5.41, 5.74) is 0.999. The van der Waals surface area contributed by atoms with Gasteiger partial charge in [0.2, 0.25) is 0 Å². The Morgan fingerprint density at radius 1 is 1.48 bits per heavy atom. The van der Waals surface area contributed by atoms with E-state index >= 15 is 0 Å². The molecule has 1 fully saturated rings. The molecule has 1 aliphatic rings. The summed E-state index contributed by atoms with van der Waals surface area (Å²) in [5.74, 6) is -1.56. The molecule has 6 nitrogen and oxygen atoms in total. The average molecular weight is 313 g/mol. The smallest absolute Gasteiger partial charge is 0.326 e. The molecule has 2 atom stereocenters. The Morgan fingerprint density at radius 2 is 2.19 bits per heavy atom. The predicted molar refractivity (Wildman–Crippen MR) is 76.3 cm³/mol. The van der Waals surface area contributed by atoms with Crippen LogP contribution in [0.4, 0.5) is 0 Å². The molecule has 1 aromatic rings. The number of halogens is 1. The van der Waals surface area contributed by atoms with E-state index in [0.29, 0.717) is 17.7 Å². The fraction of sp³-hybridized carbons (Fsp3) is 0.500. The molecular formula is C14H17ClN2O4. The third-order valence-electron chi connectivity index (χ3n) is 3.43. The maximum Gasteiger partial charge on any atom is 0.326 e. The summed E-state index contributed by atoms with van der Waals surface area (Å²) in [6, 6.07) is 2.04. The number of carbonyl (C=O) groups is 2. The van der Waals surface area contributed by atoms with Crippen LogP contribution in [0.5, 0.6) is 0 Å². The lowest BCUT2D eigenvalue weighted by Crippen LogP contribution is -2.40. The van der Waals surface area contributed by atoms with E-state index in [1.54, 1.807) is 6.07 Å². The molecule has 1 aliphatic heterocycles. The zero-order valence-electron chi connectivity index (χ0n) is 11.6. The molecule has 7 heteroatoms. The number of hydrogen-bond donors (Lipinski definition) is 2. The van der Waals surface area contributed by atoms with E-state index in [-0.39, 0.29) is 18.1 Å². The molecule has 0 radical (unpaired) electrons. The lowest BCUT2D eigenvalue weighted by Gasteiger charge is -2.21. The topological polar surface area (TPSA) is 90.7 Å². The number of aryl methyl sites for hydroxylation is 1. The highest BCUT2D eigenvalue weighted by atomic mass is 35.5. The van der Waals surface area contributed by atoms with Crippen molar-refractivity contribution in [3.8, 4) is 0 Å². The number of pyridine rings is 1. The summed E-state index contributed by atoms with van der Waals surface area (Å²) >= 11 is 5.92. The lowest BCUT2D eigenvalue weighted by molar-refractivity contribution is -0.141. The second-order valence-corrected chi connectivity index (χ2v) is 5.51. The van der Waals surface area contributed by atoms with Crippen molar-refractivity contribution in [1.29, 1.82) is 0 Å². The number of nitrogens with zero attached hydrogens (tertiary/aromatic N) is 2. The number of carboxylic acids is 1. The first kappa shape index (κ1) is 15.7.